The van der Waals surface area contributed by atoms with E-state index in [1.807, 2.05) is 6.92 Å². The summed E-state index contributed by atoms with van der Waals surface area (Å²) < 4.78 is 5.23. The summed E-state index contributed by atoms with van der Waals surface area (Å²) in [6.45, 7) is 4.01. The Labute approximate surface area is 143 Å². The number of fused-ring (bicyclic) bond motifs is 1. The summed E-state index contributed by atoms with van der Waals surface area (Å²) in [5.41, 5.74) is 3.92. The molecule has 130 valence electrons. The van der Waals surface area contributed by atoms with E-state index in [2.05, 4.69) is 23.5 Å². The van der Waals surface area contributed by atoms with Crippen molar-refractivity contribution in [1.29, 1.82) is 0 Å². The maximum Gasteiger partial charge on any atom is 0.312 e. The molecule has 0 radical (unpaired) electrons. The van der Waals surface area contributed by atoms with E-state index in [9.17, 15) is 9.59 Å². The van der Waals surface area contributed by atoms with E-state index in [0.717, 1.165) is 24.8 Å². The molecule has 2 amide bonds. The highest BCUT2D eigenvalue weighted by Gasteiger charge is 2.26. The molecule has 1 saturated heterocycles. The molecule has 2 aliphatic rings. The van der Waals surface area contributed by atoms with Crippen molar-refractivity contribution in [3.05, 3.63) is 34.9 Å². The maximum absolute atomic E-state index is 12.3. The Morgan fingerprint density at radius 2 is 1.88 bits per heavy atom. The molecule has 3 rings (SSSR count). The molecule has 24 heavy (non-hydrogen) atoms. The lowest BCUT2D eigenvalue weighted by Gasteiger charge is -2.27. The van der Waals surface area contributed by atoms with Crippen LogP contribution in [0.5, 0.6) is 0 Å². The second-order valence-electron chi connectivity index (χ2n) is 6.57. The highest BCUT2D eigenvalue weighted by Crippen LogP contribution is 2.26. The summed E-state index contributed by atoms with van der Waals surface area (Å²) in [5, 5.41) is 2.92. The first kappa shape index (κ1) is 17.0. The van der Waals surface area contributed by atoms with Crippen molar-refractivity contribution in [3.63, 3.8) is 0 Å². The summed E-state index contributed by atoms with van der Waals surface area (Å²) in [7, 11) is 0. The Morgan fingerprint density at radius 3 is 2.58 bits per heavy atom. The van der Waals surface area contributed by atoms with Crippen LogP contribution in [0, 0.1) is 0 Å². The number of carbonyl (C=O) groups excluding carboxylic acids is 2. The second-order valence-corrected chi connectivity index (χ2v) is 6.57. The van der Waals surface area contributed by atoms with E-state index < -0.39 is 11.8 Å². The Hall–Kier alpha value is -1.88. The molecule has 1 fully saturated rings. The average Bonchev–Trinajstić information content (AvgIpc) is 2.65. The van der Waals surface area contributed by atoms with Crippen LogP contribution in [0.3, 0.4) is 0 Å². The quantitative estimate of drug-likeness (QED) is 0.862. The van der Waals surface area contributed by atoms with Crippen molar-refractivity contribution >= 4 is 11.8 Å². The van der Waals surface area contributed by atoms with Crippen LogP contribution in [-0.2, 0) is 27.2 Å². The van der Waals surface area contributed by atoms with E-state index in [-0.39, 0.29) is 6.04 Å². The van der Waals surface area contributed by atoms with Crippen LogP contribution < -0.4 is 5.32 Å². The zero-order chi connectivity index (χ0) is 16.9. The number of hydrogen-bond acceptors (Lipinski definition) is 3. The Kier molecular flexibility index (Phi) is 5.51. The molecule has 0 bridgehead atoms. The van der Waals surface area contributed by atoms with Gasteiger partial charge in [0.2, 0.25) is 0 Å². The zero-order valence-electron chi connectivity index (χ0n) is 14.3. The van der Waals surface area contributed by atoms with Gasteiger partial charge in [0.1, 0.15) is 0 Å². The lowest BCUT2D eigenvalue weighted by molar-refractivity contribution is -0.148. The van der Waals surface area contributed by atoms with E-state index >= 15 is 0 Å². The SMILES string of the molecule is CCC(NC(=O)C(=O)N1CCOCC1)c1ccc2c(c1)CCCC2. The molecule has 1 unspecified atom stereocenters. The van der Waals surface area contributed by atoms with E-state index in [1.54, 1.807) is 4.90 Å². The number of morpholine rings is 1. The molecule has 0 spiro atoms. The van der Waals surface area contributed by atoms with Crippen molar-refractivity contribution in [3.8, 4) is 0 Å². The van der Waals surface area contributed by atoms with Gasteiger partial charge in [0.25, 0.3) is 0 Å². The minimum absolute atomic E-state index is 0.116. The summed E-state index contributed by atoms with van der Waals surface area (Å²) in [5.74, 6) is -0.962. The molecular formula is C19H26N2O3. The maximum atomic E-state index is 12.3. The first-order valence-electron chi connectivity index (χ1n) is 8.98. The van der Waals surface area contributed by atoms with Crippen molar-refractivity contribution < 1.29 is 14.3 Å². The third-order valence-electron chi connectivity index (χ3n) is 4.98. The van der Waals surface area contributed by atoms with Crippen LogP contribution in [0.1, 0.15) is 48.9 Å². The average molecular weight is 330 g/mol. The minimum Gasteiger partial charge on any atom is -0.378 e. The van der Waals surface area contributed by atoms with Crippen LogP contribution in [0.4, 0.5) is 0 Å². The molecular weight excluding hydrogens is 304 g/mol. The molecule has 5 heteroatoms. The van der Waals surface area contributed by atoms with Gasteiger partial charge in [-0.15, -0.1) is 0 Å². The molecule has 1 aromatic carbocycles. The van der Waals surface area contributed by atoms with Crippen molar-refractivity contribution in [2.24, 2.45) is 0 Å². The first-order chi connectivity index (χ1) is 11.7. The van der Waals surface area contributed by atoms with Gasteiger partial charge in [-0.25, -0.2) is 0 Å². The third-order valence-corrected chi connectivity index (χ3v) is 4.98. The van der Waals surface area contributed by atoms with Gasteiger partial charge < -0.3 is 15.0 Å². The zero-order valence-corrected chi connectivity index (χ0v) is 14.3. The van der Waals surface area contributed by atoms with Crippen LogP contribution in [0.15, 0.2) is 18.2 Å². The standard InChI is InChI=1S/C19H26N2O3/c1-2-17(16-8-7-14-5-3-4-6-15(14)13-16)20-18(22)19(23)21-9-11-24-12-10-21/h7-8,13,17H,2-6,9-12H2,1H3,(H,20,22). The number of nitrogens with one attached hydrogen (secondary N) is 1. The Morgan fingerprint density at radius 1 is 1.17 bits per heavy atom. The number of aryl methyl sites for hydroxylation is 2. The van der Waals surface area contributed by atoms with Gasteiger partial charge in [-0.3, -0.25) is 9.59 Å². The fourth-order valence-corrected chi connectivity index (χ4v) is 3.52. The monoisotopic (exact) mass is 330 g/mol. The molecule has 1 aliphatic heterocycles. The Balaban J connectivity index is 1.67. The fraction of sp³-hybridized carbons (Fsp3) is 0.579. The van der Waals surface area contributed by atoms with Crippen molar-refractivity contribution in [2.75, 3.05) is 26.3 Å². The summed E-state index contributed by atoms with van der Waals surface area (Å²) in [6.07, 6.45) is 5.51. The van der Waals surface area contributed by atoms with Gasteiger partial charge in [-0.05, 0) is 48.8 Å². The lowest BCUT2D eigenvalue weighted by Crippen LogP contribution is -2.48. The summed E-state index contributed by atoms with van der Waals surface area (Å²) in [6, 6.07) is 6.37. The third kappa shape index (κ3) is 3.78. The Bertz CT molecular complexity index is 609. The number of nitrogens with zero attached hydrogens (tertiary/aromatic N) is 1. The lowest BCUT2D eigenvalue weighted by atomic mass is 9.89. The normalized spacial score (nSPS) is 18.6. The van der Waals surface area contributed by atoms with Crippen molar-refractivity contribution in [2.45, 2.75) is 45.1 Å². The van der Waals surface area contributed by atoms with Crippen LogP contribution >= 0.6 is 0 Å². The number of ether oxygens (including phenoxy) is 1. The van der Waals surface area contributed by atoms with E-state index in [4.69, 9.17) is 4.74 Å². The highest BCUT2D eigenvalue weighted by atomic mass is 16.5. The number of hydrogen-bond donors (Lipinski definition) is 1. The number of benzene rings is 1. The predicted molar refractivity (Wildman–Crippen MR) is 91.7 cm³/mol. The smallest absolute Gasteiger partial charge is 0.312 e. The number of carbonyl (C=O) groups is 2. The molecule has 0 aromatic heterocycles. The molecule has 1 aromatic rings. The summed E-state index contributed by atoms with van der Waals surface area (Å²) >= 11 is 0. The molecule has 5 nitrogen and oxygen atoms in total. The predicted octanol–water partition coefficient (Wildman–Crippen LogP) is 1.99. The molecule has 1 atom stereocenters. The molecule has 1 N–H and O–H groups in total. The number of amides is 2. The highest BCUT2D eigenvalue weighted by molar-refractivity contribution is 6.35. The summed E-state index contributed by atoms with van der Waals surface area (Å²) in [4.78, 5) is 26.2. The molecule has 0 saturated carbocycles. The van der Waals surface area contributed by atoms with Crippen molar-refractivity contribution in [1.82, 2.24) is 10.2 Å². The van der Waals surface area contributed by atoms with Gasteiger partial charge >= 0.3 is 11.8 Å². The van der Waals surface area contributed by atoms with Gasteiger partial charge in [0, 0.05) is 13.1 Å². The van der Waals surface area contributed by atoms with Gasteiger partial charge in [-0.2, -0.15) is 0 Å². The fourth-order valence-electron chi connectivity index (χ4n) is 3.52. The van der Waals surface area contributed by atoms with Gasteiger partial charge in [0.05, 0.1) is 19.3 Å². The van der Waals surface area contributed by atoms with Crippen LogP contribution in [0.25, 0.3) is 0 Å². The van der Waals surface area contributed by atoms with Gasteiger partial charge in [0.15, 0.2) is 0 Å². The van der Waals surface area contributed by atoms with Crippen LogP contribution in [-0.4, -0.2) is 43.0 Å². The van der Waals surface area contributed by atoms with Crippen LogP contribution in [0.2, 0.25) is 0 Å². The minimum atomic E-state index is -0.513. The van der Waals surface area contributed by atoms with E-state index in [0.29, 0.717) is 26.3 Å². The molecule has 1 aliphatic carbocycles. The second kappa shape index (κ2) is 7.79. The first-order valence-corrected chi connectivity index (χ1v) is 8.98. The molecule has 1 heterocycles. The van der Waals surface area contributed by atoms with E-state index in [1.165, 1.54) is 24.0 Å². The topological polar surface area (TPSA) is 58.6 Å². The van der Waals surface area contributed by atoms with Gasteiger partial charge in [-0.1, -0.05) is 25.1 Å². The largest absolute Gasteiger partial charge is 0.378 e. The number of rotatable bonds is 3.